The normalized spacial score (nSPS) is 30.9. The van der Waals surface area contributed by atoms with Crippen molar-refractivity contribution in [1.29, 1.82) is 0 Å². The third-order valence-electron chi connectivity index (χ3n) is 4.13. The van der Waals surface area contributed by atoms with Gasteiger partial charge in [-0.3, -0.25) is 0 Å². The highest BCUT2D eigenvalue weighted by Crippen LogP contribution is 2.21. The lowest BCUT2D eigenvalue weighted by molar-refractivity contribution is 0.0137. The molecule has 1 N–H and O–H groups in total. The molecule has 0 amide bonds. The number of likely N-dealkylation sites (tertiary alicyclic amines) is 1. The molecular formula is C14H30N2O. The van der Waals surface area contributed by atoms with Gasteiger partial charge in [-0.15, -0.1) is 0 Å². The molecule has 3 nitrogen and oxygen atoms in total. The molecule has 1 heterocycles. The lowest BCUT2D eigenvalue weighted by atomic mass is 9.93. The number of ether oxygens (including phenoxy) is 1. The zero-order valence-electron chi connectivity index (χ0n) is 11.3. The van der Waals surface area contributed by atoms with Crippen LogP contribution in [-0.4, -0.2) is 49.8 Å². The van der Waals surface area contributed by atoms with Gasteiger partial charge in [0.15, 0.2) is 0 Å². The average Bonchev–Trinajstić information content (AvgIpc) is 2.85. The van der Waals surface area contributed by atoms with Gasteiger partial charge in [-0.25, -0.2) is 0 Å². The monoisotopic (exact) mass is 242 g/mol. The molecule has 1 aliphatic heterocycles. The maximum absolute atomic E-state index is 6.00. The molecule has 0 radical (unpaired) electrons. The average molecular weight is 242 g/mol. The van der Waals surface area contributed by atoms with Gasteiger partial charge in [-0.2, -0.15) is 0 Å². The number of nitrogens with one attached hydrogen (secondary N) is 1. The van der Waals surface area contributed by atoms with Crippen molar-refractivity contribution in [3.05, 3.63) is 0 Å². The highest BCUT2D eigenvalue weighted by Gasteiger charge is 2.21. The third kappa shape index (κ3) is 4.57. The van der Waals surface area contributed by atoms with E-state index in [4.69, 9.17) is 4.74 Å². The second-order valence-electron chi connectivity index (χ2n) is 5.45. The predicted octanol–water partition coefficient (Wildman–Crippen LogP) is 2.27. The quantitative estimate of drug-likeness (QED) is 0.773. The van der Waals surface area contributed by atoms with Crippen molar-refractivity contribution in [3.63, 3.8) is 0 Å². The van der Waals surface area contributed by atoms with Crippen molar-refractivity contribution in [2.24, 2.45) is 0 Å². The second-order valence-corrected chi connectivity index (χ2v) is 5.45. The maximum atomic E-state index is 6.00. The summed E-state index contributed by atoms with van der Waals surface area (Å²) in [7, 11) is 0. The largest absolute Gasteiger partial charge is 0.377 e. The van der Waals surface area contributed by atoms with E-state index >= 15 is 0 Å². The Hall–Kier alpha value is -0.120. The van der Waals surface area contributed by atoms with Gasteiger partial charge in [-0.05, 0) is 58.2 Å². The Kier molecular flexibility index (Phi) is 5.75. The Morgan fingerprint density at radius 3 is 2.53 bits per heavy atom. The zero-order chi connectivity index (χ0) is 11.9. The fourth-order valence-electron chi connectivity index (χ4n) is 3.08. The van der Waals surface area contributed by atoms with Gasteiger partial charge in [0.2, 0.25) is 0 Å². The van der Waals surface area contributed by atoms with Gasteiger partial charge in [0, 0.05) is 14.0 Å². The van der Waals surface area contributed by atoms with Crippen molar-refractivity contribution in [1.82, 2.24) is 10.2 Å². The van der Waals surface area contributed by atoms with E-state index in [2.05, 4.69) is 17.1 Å². The molecule has 0 aromatic rings. The van der Waals surface area contributed by atoms with E-state index in [1.54, 1.807) is 0 Å². The minimum absolute atomic E-state index is 0. The first-order valence-corrected chi connectivity index (χ1v) is 7.46. The second kappa shape index (κ2) is 7.34. The van der Waals surface area contributed by atoms with Crippen LogP contribution in [0.3, 0.4) is 0 Å². The molecule has 0 aromatic carbocycles. The zero-order valence-corrected chi connectivity index (χ0v) is 11.3. The molecular weight excluding hydrogens is 212 g/mol. The lowest BCUT2D eigenvalue weighted by Gasteiger charge is -2.29. The molecule has 2 rings (SSSR count). The van der Waals surface area contributed by atoms with Crippen LogP contribution in [0.4, 0.5) is 0 Å². The molecule has 2 fully saturated rings. The molecule has 0 aromatic heterocycles. The summed E-state index contributed by atoms with van der Waals surface area (Å²) in [5.41, 5.74) is 0. The first-order chi connectivity index (χ1) is 8.38. The van der Waals surface area contributed by atoms with Gasteiger partial charge >= 0.3 is 0 Å². The van der Waals surface area contributed by atoms with Crippen LogP contribution in [0.5, 0.6) is 0 Å². The fraction of sp³-hybridized carbons (Fsp3) is 1.00. The summed E-state index contributed by atoms with van der Waals surface area (Å²) in [5, 5.41) is 3.54. The van der Waals surface area contributed by atoms with E-state index < -0.39 is 0 Å². The Morgan fingerprint density at radius 1 is 1.18 bits per heavy atom. The van der Waals surface area contributed by atoms with E-state index in [1.807, 2.05) is 0 Å². The Morgan fingerprint density at radius 2 is 1.88 bits per heavy atom. The Labute approximate surface area is 107 Å². The highest BCUT2D eigenvalue weighted by atomic mass is 16.5. The Bertz CT molecular complexity index is 202. The van der Waals surface area contributed by atoms with Crippen LogP contribution in [0.1, 0.15) is 46.9 Å². The van der Waals surface area contributed by atoms with E-state index in [0.717, 1.165) is 25.7 Å². The first kappa shape index (κ1) is 13.3. The van der Waals surface area contributed by atoms with Gasteiger partial charge < -0.3 is 15.0 Å². The smallest absolute Gasteiger partial charge is 0.0597 e. The molecule has 17 heavy (non-hydrogen) atoms. The summed E-state index contributed by atoms with van der Waals surface area (Å²) in [4.78, 5) is 2.53. The molecule has 3 heteroatoms. The first-order valence-electron chi connectivity index (χ1n) is 7.46. The predicted molar refractivity (Wildman–Crippen MR) is 73.5 cm³/mol. The van der Waals surface area contributed by atoms with Crippen molar-refractivity contribution in [2.75, 3.05) is 32.8 Å². The maximum Gasteiger partial charge on any atom is 0.0597 e. The minimum Gasteiger partial charge on any atom is -0.377 e. The third-order valence-corrected chi connectivity index (χ3v) is 4.13. The van der Waals surface area contributed by atoms with Crippen LogP contribution in [-0.2, 0) is 4.74 Å². The van der Waals surface area contributed by atoms with Crippen LogP contribution in [0, 0.1) is 0 Å². The molecule has 0 unspecified atom stereocenters. The number of hydrogen-bond acceptors (Lipinski definition) is 3. The van der Waals surface area contributed by atoms with Crippen LogP contribution in [0.25, 0.3) is 0 Å². The molecule has 102 valence electrons. The fourth-order valence-corrected chi connectivity index (χ4v) is 3.08. The minimum atomic E-state index is 0. The standard InChI is InChI=1S/C14H28N2O.H2/c1-2-15-13-5-7-14(8-6-13)17-12-11-16-9-3-4-10-16;/h13-15H,2-12H2,1H3;1H. The Balaban J connectivity index is 0.00000162. The summed E-state index contributed by atoms with van der Waals surface area (Å²) in [5.74, 6) is 0. The van der Waals surface area contributed by atoms with Gasteiger partial charge in [0.1, 0.15) is 0 Å². The number of nitrogens with zero attached hydrogens (tertiary/aromatic N) is 1. The van der Waals surface area contributed by atoms with Crippen LogP contribution >= 0.6 is 0 Å². The van der Waals surface area contributed by atoms with Crippen molar-refractivity contribution >= 4 is 0 Å². The van der Waals surface area contributed by atoms with Gasteiger partial charge in [-0.1, -0.05) is 6.92 Å². The summed E-state index contributed by atoms with van der Waals surface area (Å²) >= 11 is 0. The summed E-state index contributed by atoms with van der Waals surface area (Å²) in [6.07, 6.45) is 8.38. The van der Waals surface area contributed by atoms with Crippen LogP contribution < -0.4 is 5.32 Å². The topological polar surface area (TPSA) is 24.5 Å². The van der Waals surface area contributed by atoms with E-state index in [-0.39, 0.29) is 1.43 Å². The number of rotatable bonds is 6. The molecule has 0 atom stereocenters. The SMILES string of the molecule is CCNC1CCC(OCCN2CCCC2)CC1.[HH]. The highest BCUT2D eigenvalue weighted by molar-refractivity contribution is 4.77. The molecule has 1 saturated carbocycles. The summed E-state index contributed by atoms with van der Waals surface area (Å²) in [6, 6.07) is 0.749. The van der Waals surface area contributed by atoms with Gasteiger partial charge in [0.05, 0.1) is 12.7 Å². The van der Waals surface area contributed by atoms with Crippen LogP contribution in [0.15, 0.2) is 0 Å². The van der Waals surface area contributed by atoms with Crippen molar-refractivity contribution < 1.29 is 6.16 Å². The molecule has 1 aliphatic carbocycles. The van der Waals surface area contributed by atoms with Crippen molar-refractivity contribution in [3.8, 4) is 0 Å². The molecule has 0 bridgehead atoms. The molecule has 1 saturated heterocycles. The summed E-state index contributed by atoms with van der Waals surface area (Å²) < 4.78 is 6.00. The van der Waals surface area contributed by atoms with E-state index in [1.165, 1.54) is 51.6 Å². The summed E-state index contributed by atoms with van der Waals surface area (Å²) in [6.45, 7) is 7.96. The van der Waals surface area contributed by atoms with E-state index in [0.29, 0.717) is 6.10 Å². The lowest BCUT2D eigenvalue weighted by Crippen LogP contribution is -2.36. The van der Waals surface area contributed by atoms with Crippen LogP contribution in [0.2, 0.25) is 0 Å². The van der Waals surface area contributed by atoms with Gasteiger partial charge in [0.25, 0.3) is 0 Å². The molecule has 2 aliphatic rings. The van der Waals surface area contributed by atoms with E-state index in [9.17, 15) is 0 Å². The van der Waals surface area contributed by atoms with Crippen molar-refractivity contribution in [2.45, 2.75) is 57.6 Å². The molecule has 0 spiro atoms. The number of hydrogen-bond donors (Lipinski definition) is 1.